The van der Waals surface area contributed by atoms with Crippen LogP contribution in [0, 0.1) is 0 Å². The summed E-state index contributed by atoms with van der Waals surface area (Å²) in [6.45, 7) is 0.766. The van der Waals surface area contributed by atoms with Gasteiger partial charge in [-0.3, -0.25) is 5.32 Å². The highest BCUT2D eigenvalue weighted by atomic mass is 32.1. The second kappa shape index (κ2) is 9.33. The summed E-state index contributed by atoms with van der Waals surface area (Å²) in [6.07, 6.45) is -0.665. The Bertz CT molecular complexity index is 725. The first kappa shape index (κ1) is 18.3. The van der Waals surface area contributed by atoms with Crippen LogP contribution in [0.15, 0.2) is 48.5 Å². The number of benzene rings is 2. The molecule has 0 heterocycles. The number of para-hydroxylation sites is 1. The van der Waals surface area contributed by atoms with Gasteiger partial charge in [-0.15, -0.1) is 0 Å². The molecule has 0 spiro atoms. The van der Waals surface area contributed by atoms with E-state index in [0.717, 1.165) is 5.75 Å². The maximum absolute atomic E-state index is 11.1. The number of hydrogen-bond donors (Lipinski definition) is 3. The third-order valence-electron chi connectivity index (χ3n) is 3.04. The number of nitrogen functional groups attached to an aromatic ring is 1. The monoisotopic (exact) mass is 361 g/mol. The van der Waals surface area contributed by atoms with E-state index in [1.54, 1.807) is 18.2 Å². The summed E-state index contributed by atoms with van der Waals surface area (Å²) in [7, 11) is 1.25. The van der Waals surface area contributed by atoms with Crippen LogP contribution in [0.25, 0.3) is 0 Å². The lowest BCUT2D eigenvalue weighted by Gasteiger charge is -2.13. The molecule has 25 heavy (non-hydrogen) atoms. The van der Waals surface area contributed by atoms with Crippen molar-refractivity contribution >= 4 is 34.8 Å². The smallest absolute Gasteiger partial charge is 0.413 e. The number of rotatable bonds is 6. The molecular weight excluding hydrogens is 342 g/mol. The second-order valence-corrected chi connectivity index (χ2v) is 5.24. The van der Waals surface area contributed by atoms with Crippen LogP contribution in [0.4, 0.5) is 16.2 Å². The molecule has 0 fully saturated rings. The van der Waals surface area contributed by atoms with Crippen LogP contribution in [0.2, 0.25) is 0 Å². The molecule has 0 saturated carbocycles. The Hall–Kier alpha value is -3.00. The molecule has 0 aromatic heterocycles. The van der Waals surface area contributed by atoms with Crippen molar-refractivity contribution in [1.29, 1.82) is 0 Å². The number of ether oxygens (including phenoxy) is 3. The molecule has 7 nitrogen and oxygen atoms in total. The number of nitrogens with two attached hydrogens (primary N) is 1. The van der Waals surface area contributed by atoms with Crippen LogP contribution >= 0.6 is 12.2 Å². The molecule has 132 valence electrons. The molecule has 0 aliphatic heterocycles. The van der Waals surface area contributed by atoms with Gasteiger partial charge in [0.05, 0.1) is 18.5 Å². The summed E-state index contributed by atoms with van der Waals surface area (Å²) in [5, 5.41) is 5.23. The first-order valence-corrected chi connectivity index (χ1v) is 7.85. The number of hydrogen-bond acceptors (Lipinski definition) is 6. The van der Waals surface area contributed by atoms with E-state index in [-0.39, 0.29) is 5.11 Å². The Balaban J connectivity index is 1.85. The van der Waals surface area contributed by atoms with Crippen LogP contribution in [0.5, 0.6) is 11.5 Å². The summed E-state index contributed by atoms with van der Waals surface area (Å²) in [5.41, 5.74) is 6.86. The minimum Gasteiger partial charge on any atom is -0.490 e. The number of alkyl carbamates (subject to hydrolysis) is 1. The zero-order valence-electron chi connectivity index (χ0n) is 13.7. The molecule has 0 bridgehead atoms. The summed E-state index contributed by atoms with van der Waals surface area (Å²) in [5.74, 6) is 1.37. The Morgan fingerprint density at radius 1 is 1.08 bits per heavy atom. The predicted molar refractivity (Wildman–Crippen MR) is 100 cm³/mol. The topological polar surface area (TPSA) is 94.8 Å². The summed E-state index contributed by atoms with van der Waals surface area (Å²) in [4.78, 5) is 11.1. The van der Waals surface area contributed by atoms with Crippen molar-refractivity contribution in [2.24, 2.45) is 0 Å². The van der Waals surface area contributed by atoms with Gasteiger partial charge in [-0.05, 0) is 36.5 Å². The normalized spacial score (nSPS) is 9.80. The molecular formula is C17H19N3O4S. The van der Waals surface area contributed by atoms with E-state index in [9.17, 15) is 4.79 Å². The maximum Gasteiger partial charge on any atom is 0.413 e. The molecule has 4 N–H and O–H groups in total. The fourth-order valence-electron chi connectivity index (χ4n) is 1.87. The molecule has 0 aliphatic carbocycles. The van der Waals surface area contributed by atoms with Gasteiger partial charge in [-0.1, -0.05) is 18.2 Å². The van der Waals surface area contributed by atoms with Gasteiger partial charge in [-0.2, -0.15) is 0 Å². The number of anilines is 2. The average molecular weight is 361 g/mol. The lowest BCUT2D eigenvalue weighted by atomic mass is 10.2. The van der Waals surface area contributed by atoms with Gasteiger partial charge in [0.15, 0.2) is 5.11 Å². The quantitative estimate of drug-likeness (QED) is 0.414. The maximum atomic E-state index is 11.1. The Labute approximate surface area is 151 Å². The number of nitrogens with one attached hydrogen (secondary N) is 2. The highest BCUT2D eigenvalue weighted by Gasteiger charge is 2.07. The zero-order valence-corrected chi connectivity index (χ0v) is 14.5. The van der Waals surface area contributed by atoms with E-state index in [2.05, 4.69) is 15.4 Å². The van der Waals surface area contributed by atoms with Crippen LogP contribution < -0.4 is 25.8 Å². The Morgan fingerprint density at radius 3 is 2.44 bits per heavy atom. The van der Waals surface area contributed by atoms with Crippen molar-refractivity contribution in [1.82, 2.24) is 5.32 Å². The van der Waals surface area contributed by atoms with Crippen molar-refractivity contribution in [2.75, 3.05) is 31.4 Å². The molecule has 8 heteroatoms. The van der Waals surface area contributed by atoms with E-state index in [4.69, 9.17) is 27.4 Å². The van der Waals surface area contributed by atoms with Gasteiger partial charge in [0.25, 0.3) is 0 Å². The number of amides is 1. The summed E-state index contributed by atoms with van der Waals surface area (Å²) < 4.78 is 15.7. The van der Waals surface area contributed by atoms with Gasteiger partial charge in [0.2, 0.25) is 0 Å². The molecule has 0 radical (unpaired) electrons. The molecule has 2 aromatic rings. The van der Waals surface area contributed by atoms with Crippen LogP contribution in [0.3, 0.4) is 0 Å². The lowest BCUT2D eigenvalue weighted by Crippen LogP contribution is -2.34. The van der Waals surface area contributed by atoms with Crippen LogP contribution in [-0.2, 0) is 4.74 Å². The number of thiocarbonyl (C=S) groups is 1. The van der Waals surface area contributed by atoms with E-state index in [1.165, 1.54) is 7.11 Å². The average Bonchev–Trinajstić information content (AvgIpc) is 2.62. The molecule has 0 saturated heterocycles. The van der Waals surface area contributed by atoms with E-state index in [0.29, 0.717) is 30.3 Å². The largest absolute Gasteiger partial charge is 0.490 e. The number of methoxy groups -OCH3 is 1. The fourth-order valence-corrected chi connectivity index (χ4v) is 2.06. The molecule has 2 rings (SSSR count). The zero-order chi connectivity index (χ0) is 18.1. The minimum atomic E-state index is -0.665. The van der Waals surface area contributed by atoms with E-state index >= 15 is 0 Å². The number of carbonyl (C=O) groups is 1. The second-order valence-electron chi connectivity index (χ2n) is 4.83. The Kier molecular flexibility index (Phi) is 6.85. The standard InChI is InChI=1S/C17H19N3O4S/c1-22-17(21)20-16(25)19-15-11-13(7-8-14(15)18)24-10-9-23-12-5-3-2-4-6-12/h2-8,11H,9-10,18H2,1H3,(H2,19,20,21,25). The molecule has 2 aromatic carbocycles. The van der Waals surface area contributed by atoms with Crippen molar-refractivity contribution < 1.29 is 19.0 Å². The lowest BCUT2D eigenvalue weighted by molar-refractivity contribution is 0.177. The summed E-state index contributed by atoms with van der Waals surface area (Å²) >= 11 is 5.00. The van der Waals surface area contributed by atoms with Crippen LogP contribution in [0.1, 0.15) is 0 Å². The van der Waals surface area contributed by atoms with Crippen molar-refractivity contribution in [3.05, 3.63) is 48.5 Å². The van der Waals surface area contributed by atoms with E-state index < -0.39 is 6.09 Å². The predicted octanol–water partition coefficient (Wildman–Crippen LogP) is 2.78. The van der Waals surface area contributed by atoms with Crippen molar-refractivity contribution in [3.63, 3.8) is 0 Å². The summed E-state index contributed by atoms with van der Waals surface area (Å²) in [6, 6.07) is 14.6. The highest BCUT2D eigenvalue weighted by molar-refractivity contribution is 7.80. The van der Waals surface area contributed by atoms with Gasteiger partial charge in [0.1, 0.15) is 24.7 Å². The molecule has 0 aliphatic rings. The SMILES string of the molecule is COC(=O)NC(=S)Nc1cc(OCCOc2ccccc2)ccc1N. The van der Waals surface area contributed by atoms with Gasteiger partial charge in [0, 0.05) is 6.07 Å². The van der Waals surface area contributed by atoms with Gasteiger partial charge >= 0.3 is 6.09 Å². The fraction of sp³-hybridized carbons (Fsp3) is 0.176. The van der Waals surface area contributed by atoms with Crippen molar-refractivity contribution in [2.45, 2.75) is 0 Å². The van der Waals surface area contributed by atoms with Gasteiger partial charge < -0.3 is 25.3 Å². The number of carbonyl (C=O) groups excluding carboxylic acids is 1. The van der Waals surface area contributed by atoms with Crippen LogP contribution in [-0.4, -0.2) is 31.5 Å². The minimum absolute atomic E-state index is 0.0723. The molecule has 1 amide bonds. The first-order chi connectivity index (χ1) is 12.1. The first-order valence-electron chi connectivity index (χ1n) is 7.44. The Morgan fingerprint density at radius 2 is 1.76 bits per heavy atom. The van der Waals surface area contributed by atoms with Crippen molar-refractivity contribution in [3.8, 4) is 11.5 Å². The molecule has 0 atom stereocenters. The third kappa shape index (κ3) is 6.19. The van der Waals surface area contributed by atoms with E-state index in [1.807, 2.05) is 30.3 Å². The highest BCUT2D eigenvalue weighted by Crippen LogP contribution is 2.24. The van der Waals surface area contributed by atoms with Gasteiger partial charge in [-0.25, -0.2) is 4.79 Å². The molecule has 0 unspecified atom stereocenters. The third-order valence-corrected chi connectivity index (χ3v) is 3.24.